The molecule has 0 fully saturated rings. The lowest BCUT2D eigenvalue weighted by Crippen LogP contribution is -2.38. The molecule has 0 amide bonds. The molecule has 0 saturated heterocycles. The summed E-state index contributed by atoms with van der Waals surface area (Å²) in [6.07, 6.45) is 1.29. The van der Waals surface area contributed by atoms with Gasteiger partial charge in [0.25, 0.3) is 0 Å². The van der Waals surface area contributed by atoms with Gasteiger partial charge in [0.15, 0.2) is 5.96 Å². The number of hydrogen-bond acceptors (Lipinski definition) is 4. The summed E-state index contributed by atoms with van der Waals surface area (Å²) in [4.78, 5) is 4.55. The minimum absolute atomic E-state index is 0.0955. The summed E-state index contributed by atoms with van der Waals surface area (Å²) in [6.45, 7) is 8.58. The van der Waals surface area contributed by atoms with Crippen LogP contribution < -0.4 is 20.1 Å². The molecule has 1 aliphatic rings. The molecule has 2 aromatic rings. The average molecular weight is 412 g/mol. The van der Waals surface area contributed by atoms with Crippen molar-refractivity contribution in [2.75, 3.05) is 26.2 Å². The first-order chi connectivity index (χ1) is 14.5. The number of rotatable bonds is 9. The van der Waals surface area contributed by atoms with Gasteiger partial charge in [0.1, 0.15) is 11.5 Å². The second-order valence-corrected chi connectivity index (χ2v) is 7.69. The highest BCUT2D eigenvalue weighted by Gasteiger charge is 2.12. The van der Waals surface area contributed by atoms with E-state index in [0.29, 0.717) is 5.96 Å². The van der Waals surface area contributed by atoms with E-state index in [1.54, 1.807) is 0 Å². The normalized spacial score (nSPS) is 14.2. The van der Waals surface area contributed by atoms with Crippen LogP contribution in [-0.4, -0.2) is 43.4 Å². The van der Waals surface area contributed by atoms with Crippen LogP contribution in [0.5, 0.6) is 11.5 Å². The number of guanidine groups is 1. The van der Waals surface area contributed by atoms with E-state index >= 15 is 0 Å². The van der Waals surface area contributed by atoms with Crippen molar-refractivity contribution >= 4 is 5.96 Å². The maximum atomic E-state index is 10.6. The smallest absolute Gasteiger partial charge is 0.191 e. The number of aliphatic hydroxyl groups excluding tert-OH is 1. The third kappa shape index (κ3) is 6.39. The summed E-state index contributed by atoms with van der Waals surface area (Å²) < 4.78 is 11.3. The predicted molar refractivity (Wildman–Crippen MR) is 120 cm³/mol. The summed E-state index contributed by atoms with van der Waals surface area (Å²) in [5.74, 6) is 2.48. The Morgan fingerprint density at radius 2 is 2.07 bits per heavy atom. The highest BCUT2D eigenvalue weighted by Crippen LogP contribution is 2.26. The van der Waals surface area contributed by atoms with Gasteiger partial charge in [-0.2, -0.15) is 0 Å². The van der Waals surface area contributed by atoms with Crippen LogP contribution in [0.15, 0.2) is 47.5 Å². The molecule has 0 aliphatic carbocycles. The summed E-state index contributed by atoms with van der Waals surface area (Å²) >= 11 is 0. The Hall–Kier alpha value is -2.73. The molecular weight excluding hydrogens is 378 g/mol. The molecule has 1 aliphatic heterocycles. The maximum absolute atomic E-state index is 10.6. The standard InChI is InChI=1S/C24H33N3O3/c1-4-25-24(26-12-10-18-8-9-23-20(14-18)11-13-29-23)27-16-22(28)19-6-5-7-21(15-19)30-17(2)3/h5-9,14-15,17,22,28H,4,10-13,16H2,1-3H3,(H2,25,26,27). The highest BCUT2D eigenvalue weighted by atomic mass is 16.5. The van der Waals surface area contributed by atoms with Crippen LogP contribution in [0.25, 0.3) is 0 Å². The second kappa shape index (κ2) is 10.9. The molecule has 0 saturated carbocycles. The largest absolute Gasteiger partial charge is 0.493 e. The predicted octanol–water partition coefficient (Wildman–Crippen LogP) is 3.24. The molecule has 3 N–H and O–H groups in total. The van der Waals surface area contributed by atoms with Crippen molar-refractivity contribution in [1.29, 1.82) is 0 Å². The number of nitrogens with zero attached hydrogens (tertiary/aromatic N) is 1. The van der Waals surface area contributed by atoms with Crippen molar-refractivity contribution in [2.24, 2.45) is 4.99 Å². The van der Waals surface area contributed by atoms with Crippen molar-refractivity contribution < 1.29 is 14.6 Å². The summed E-state index contributed by atoms with van der Waals surface area (Å²) in [5.41, 5.74) is 3.37. The van der Waals surface area contributed by atoms with Crippen molar-refractivity contribution in [1.82, 2.24) is 10.6 Å². The van der Waals surface area contributed by atoms with Gasteiger partial charge in [-0.25, -0.2) is 0 Å². The number of aliphatic imine (C=N–C) groups is 1. The first-order valence-electron chi connectivity index (χ1n) is 10.8. The zero-order valence-electron chi connectivity index (χ0n) is 18.1. The molecule has 0 bridgehead atoms. The van der Waals surface area contributed by atoms with Gasteiger partial charge in [-0.1, -0.05) is 24.3 Å². The first-order valence-corrected chi connectivity index (χ1v) is 10.8. The molecule has 6 nitrogen and oxygen atoms in total. The molecule has 2 aromatic carbocycles. The zero-order chi connectivity index (χ0) is 21.3. The van der Waals surface area contributed by atoms with Crippen LogP contribution in [0.2, 0.25) is 0 Å². The number of benzene rings is 2. The third-order valence-electron chi connectivity index (χ3n) is 4.84. The van der Waals surface area contributed by atoms with Crippen molar-refractivity contribution in [3.05, 3.63) is 59.2 Å². The van der Waals surface area contributed by atoms with Gasteiger partial charge in [-0.05, 0) is 62.1 Å². The lowest BCUT2D eigenvalue weighted by atomic mass is 10.1. The topological polar surface area (TPSA) is 75.1 Å². The van der Waals surface area contributed by atoms with E-state index in [1.165, 1.54) is 11.1 Å². The molecule has 1 heterocycles. The van der Waals surface area contributed by atoms with Gasteiger partial charge in [-0.3, -0.25) is 4.99 Å². The van der Waals surface area contributed by atoms with E-state index in [-0.39, 0.29) is 12.6 Å². The number of hydrogen-bond donors (Lipinski definition) is 3. The molecule has 3 rings (SSSR count). The minimum Gasteiger partial charge on any atom is -0.493 e. The number of nitrogens with one attached hydrogen (secondary N) is 2. The lowest BCUT2D eigenvalue weighted by molar-refractivity contribution is 0.185. The Labute approximate surface area is 179 Å². The van der Waals surface area contributed by atoms with Gasteiger partial charge in [0.2, 0.25) is 0 Å². The molecule has 30 heavy (non-hydrogen) atoms. The lowest BCUT2D eigenvalue weighted by Gasteiger charge is -2.15. The van der Waals surface area contributed by atoms with Crippen molar-refractivity contribution in [2.45, 2.75) is 45.8 Å². The number of aliphatic hydroxyl groups is 1. The Kier molecular flexibility index (Phi) is 7.97. The van der Waals surface area contributed by atoms with Crippen LogP contribution in [0, 0.1) is 0 Å². The summed E-state index contributed by atoms with van der Waals surface area (Å²) in [5, 5.41) is 17.2. The monoisotopic (exact) mass is 411 g/mol. The second-order valence-electron chi connectivity index (χ2n) is 7.69. The fourth-order valence-electron chi connectivity index (χ4n) is 3.41. The van der Waals surface area contributed by atoms with Gasteiger partial charge < -0.3 is 25.2 Å². The molecule has 0 radical (unpaired) electrons. The van der Waals surface area contributed by atoms with Gasteiger partial charge in [0.05, 0.1) is 25.4 Å². The Morgan fingerprint density at radius 1 is 1.20 bits per heavy atom. The van der Waals surface area contributed by atoms with E-state index < -0.39 is 6.10 Å². The Bertz CT molecular complexity index is 851. The number of ether oxygens (including phenoxy) is 2. The van der Waals surface area contributed by atoms with E-state index in [4.69, 9.17) is 9.47 Å². The van der Waals surface area contributed by atoms with Crippen LogP contribution >= 0.6 is 0 Å². The maximum Gasteiger partial charge on any atom is 0.191 e. The number of fused-ring (bicyclic) bond motifs is 1. The van der Waals surface area contributed by atoms with E-state index in [1.807, 2.05) is 45.0 Å². The van der Waals surface area contributed by atoms with Crippen LogP contribution in [0.4, 0.5) is 0 Å². The van der Waals surface area contributed by atoms with Gasteiger partial charge in [0, 0.05) is 19.5 Å². The minimum atomic E-state index is -0.687. The fourth-order valence-corrected chi connectivity index (χ4v) is 3.41. The van der Waals surface area contributed by atoms with Gasteiger partial charge >= 0.3 is 0 Å². The SMILES string of the molecule is CCNC(=NCC(O)c1cccc(OC(C)C)c1)NCCc1ccc2c(c1)CCO2. The Balaban J connectivity index is 1.53. The quantitative estimate of drug-likeness (QED) is 0.436. The molecule has 0 aromatic heterocycles. The zero-order valence-corrected chi connectivity index (χ0v) is 18.1. The van der Waals surface area contributed by atoms with Crippen molar-refractivity contribution in [3.63, 3.8) is 0 Å². The fraction of sp³-hybridized carbons (Fsp3) is 0.458. The molecule has 162 valence electrons. The van der Waals surface area contributed by atoms with Gasteiger partial charge in [-0.15, -0.1) is 0 Å². The molecular formula is C24H33N3O3. The first kappa shape index (κ1) is 22.0. The summed E-state index contributed by atoms with van der Waals surface area (Å²) in [6, 6.07) is 14.0. The van der Waals surface area contributed by atoms with Crippen LogP contribution in [-0.2, 0) is 12.8 Å². The highest BCUT2D eigenvalue weighted by molar-refractivity contribution is 5.79. The molecule has 1 atom stereocenters. The molecule has 1 unspecified atom stereocenters. The van der Waals surface area contributed by atoms with Crippen LogP contribution in [0.3, 0.4) is 0 Å². The molecule has 6 heteroatoms. The average Bonchev–Trinajstić information content (AvgIpc) is 3.19. The van der Waals surface area contributed by atoms with E-state index in [0.717, 1.165) is 49.6 Å². The van der Waals surface area contributed by atoms with Crippen molar-refractivity contribution in [3.8, 4) is 11.5 Å². The molecule has 0 spiro atoms. The van der Waals surface area contributed by atoms with E-state index in [2.05, 4.69) is 33.8 Å². The van der Waals surface area contributed by atoms with Crippen LogP contribution in [0.1, 0.15) is 43.6 Å². The van der Waals surface area contributed by atoms with E-state index in [9.17, 15) is 5.11 Å². The third-order valence-corrected chi connectivity index (χ3v) is 4.84. The summed E-state index contributed by atoms with van der Waals surface area (Å²) in [7, 11) is 0. The Morgan fingerprint density at radius 3 is 2.87 bits per heavy atom.